The molecule has 0 bridgehead atoms. The van der Waals surface area contributed by atoms with Crippen molar-refractivity contribution >= 4 is 33.5 Å². The fourth-order valence-corrected chi connectivity index (χ4v) is 4.26. The summed E-state index contributed by atoms with van der Waals surface area (Å²) in [6.07, 6.45) is 2.94. The fourth-order valence-electron chi connectivity index (χ4n) is 2.87. The van der Waals surface area contributed by atoms with E-state index in [-0.39, 0.29) is 23.3 Å². The molecule has 1 aliphatic rings. The van der Waals surface area contributed by atoms with Crippen LogP contribution in [0.15, 0.2) is 29.2 Å². The summed E-state index contributed by atoms with van der Waals surface area (Å²) in [5.41, 5.74) is 0. The number of benzene rings is 1. The molecule has 1 amide bonds. The average Bonchev–Trinajstić information content (AvgIpc) is 3.02. The Kier molecular flexibility index (Phi) is 7.43. The molecule has 1 atom stereocenters. The van der Waals surface area contributed by atoms with E-state index in [9.17, 15) is 18.0 Å². The third kappa shape index (κ3) is 6.26. The first-order chi connectivity index (χ1) is 12.3. The number of carbonyl (C=O) groups excluding carboxylic acids is 1. The summed E-state index contributed by atoms with van der Waals surface area (Å²) >= 11 is 5.77. The summed E-state index contributed by atoms with van der Waals surface area (Å²) in [7, 11) is -3.64. The lowest BCUT2D eigenvalue weighted by atomic mass is 10.1. The Morgan fingerprint density at radius 1 is 1.15 bits per heavy atom. The largest absolute Gasteiger partial charge is 0.481 e. The number of carboxylic acid groups (broad SMARTS) is 1. The number of hydrogen-bond donors (Lipinski definition) is 2. The van der Waals surface area contributed by atoms with Crippen molar-refractivity contribution in [3.63, 3.8) is 0 Å². The highest BCUT2D eigenvalue weighted by atomic mass is 35.5. The van der Waals surface area contributed by atoms with Crippen molar-refractivity contribution < 1.29 is 23.1 Å². The van der Waals surface area contributed by atoms with Crippen molar-refractivity contribution in [2.75, 3.05) is 13.1 Å². The lowest BCUT2D eigenvalue weighted by Crippen LogP contribution is -2.38. The molecule has 0 aliphatic carbocycles. The van der Waals surface area contributed by atoms with Gasteiger partial charge >= 0.3 is 5.97 Å². The second-order valence-corrected chi connectivity index (χ2v) is 8.51. The summed E-state index contributed by atoms with van der Waals surface area (Å²) in [6.45, 7) is 0.864. The van der Waals surface area contributed by atoms with E-state index in [4.69, 9.17) is 16.7 Å². The molecular formula is C17H23ClN2O5S. The van der Waals surface area contributed by atoms with Crippen LogP contribution < -0.4 is 4.72 Å². The van der Waals surface area contributed by atoms with E-state index in [1.54, 1.807) is 4.90 Å². The molecule has 9 heteroatoms. The number of likely N-dealkylation sites (tertiary alicyclic amines) is 1. The standard InChI is InChI=1S/C17H23ClN2O5S/c18-13-6-8-15(9-7-13)26(24,25)19-14-10-11-20(12-14)16(21)4-2-1-3-5-17(22)23/h6-9,14,19H,1-5,10-12H2,(H,22,23). The Morgan fingerprint density at radius 3 is 2.46 bits per heavy atom. The van der Waals surface area contributed by atoms with Gasteiger partial charge in [-0.05, 0) is 43.5 Å². The molecule has 1 aromatic rings. The lowest BCUT2D eigenvalue weighted by molar-refractivity contribution is -0.137. The van der Waals surface area contributed by atoms with Crippen molar-refractivity contribution in [2.24, 2.45) is 0 Å². The fraction of sp³-hybridized carbons (Fsp3) is 0.529. The number of amides is 1. The highest BCUT2D eigenvalue weighted by molar-refractivity contribution is 7.89. The van der Waals surface area contributed by atoms with Crippen molar-refractivity contribution in [2.45, 2.75) is 49.5 Å². The molecule has 7 nitrogen and oxygen atoms in total. The van der Waals surface area contributed by atoms with Gasteiger partial charge in [-0.15, -0.1) is 0 Å². The first kappa shape index (κ1) is 20.7. The van der Waals surface area contributed by atoms with Gasteiger partial charge < -0.3 is 10.0 Å². The maximum atomic E-state index is 12.4. The minimum Gasteiger partial charge on any atom is -0.481 e. The van der Waals surface area contributed by atoms with Gasteiger partial charge in [-0.3, -0.25) is 9.59 Å². The third-order valence-corrected chi connectivity index (χ3v) is 6.06. The van der Waals surface area contributed by atoms with Crippen LogP contribution in [0.4, 0.5) is 0 Å². The van der Waals surface area contributed by atoms with Crippen LogP contribution in [0.2, 0.25) is 5.02 Å². The molecule has 1 aliphatic heterocycles. The Balaban J connectivity index is 1.78. The molecule has 26 heavy (non-hydrogen) atoms. The van der Waals surface area contributed by atoms with Crippen LogP contribution in [-0.2, 0) is 19.6 Å². The van der Waals surface area contributed by atoms with Gasteiger partial charge in [0.15, 0.2) is 0 Å². The highest BCUT2D eigenvalue weighted by Gasteiger charge is 2.29. The quantitative estimate of drug-likeness (QED) is 0.616. The van der Waals surface area contributed by atoms with Crippen LogP contribution >= 0.6 is 11.6 Å². The van der Waals surface area contributed by atoms with Crippen LogP contribution in [0, 0.1) is 0 Å². The van der Waals surface area contributed by atoms with E-state index in [0.29, 0.717) is 50.2 Å². The van der Waals surface area contributed by atoms with Crippen molar-refractivity contribution in [3.05, 3.63) is 29.3 Å². The molecule has 144 valence electrons. The molecule has 0 aromatic heterocycles. The van der Waals surface area contributed by atoms with E-state index in [1.807, 2.05) is 0 Å². The van der Waals surface area contributed by atoms with E-state index in [2.05, 4.69) is 4.72 Å². The first-order valence-corrected chi connectivity index (χ1v) is 10.4. The molecular weight excluding hydrogens is 380 g/mol. The molecule has 2 N–H and O–H groups in total. The second-order valence-electron chi connectivity index (χ2n) is 6.35. The minimum absolute atomic E-state index is 0.0199. The smallest absolute Gasteiger partial charge is 0.303 e. The minimum atomic E-state index is -3.64. The van der Waals surface area contributed by atoms with Crippen molar-refractivity contribution in [1.82, 2.24) is 9.62 Å². The topological polar surface area (TPSA) is 104 Å². The van der Waals surface area contributed by atoms with E-state index in [1.165, 1.54) is 24.3 Å². The zero-order valence-corrected chi connectivity index (χ0v) is 15.9. The second kappa shape index (κ2) is 9.34. The number of nitrogens with zero attached hydrogens (tertiary/aromatic N) is 1. The Bertz CT molecular complexity index is 736. The van der Waals surface area contributed by atoms with Gasteiger partial charge in [-0.2, -0.15) is 0 Å². The lowest BCUT2D eigenvalue weighted by Gasteiger charge is -2.17. The van der Waals surface area contributed by atoms with Gasteiger partial charge in [0.25, 0.3) is 0 Å². The van der Waals surface area contributed by atoms with Crippen LogP contribution in [0.25, 0.3) is 0 Å². The monoisotopic (exact) mass is 402 g/mol. The third-order valence-electron chi connectivity index (χ3n) is 4.27. The zero-order chi connectivity index (χ0) is 19.2. The molecule has 1 unspecified atom stereocenters. The van der Waals surface area contributed by atoms with Crippen LogP contribution in [0.1, 0.15) is 38.5 Å². The molecule has 0 saturated carbocycles. The zero-order valence-electron chi connectivity index (χ0n) is 14.4. The number of aliphatic carboxylic acids is 1. The Hall–Kier alpha value is -1.64. The number of nitrogens with one attached hydrogen (secondary N) is 1. The molecule has 1 fully saturated rings. The summed E-state index contributed by atoms with van der Waals surface area (Å²) < 4.78 is 27.4. The summed E-state index contributed by atoms with van der Waals surface area (Å²) in [5.74, 6) is -0.847. The van der Waals surface area contributed by atoms with Gasteiger partial charge in [0.1, 0.15) is 0 Å². The van der Waals surface area contributed by atoms with Gasteiger partial charge in [0, 0.05) is 37.0 Å². The molecule has 0 spiro atoms. The molecule has 1 aromatic carbocycles. The van der Waals surface area contributed by atoms with Gasteiger partial charge in [-0.1, -0.05) is 18.0 Å². The van der Waals surface area contributed by atoms with Gasteiger partial charge in [0.2, 0.25) is 15.9 Å². The molecule has 1 saturated heterocycles. The summed E-state index contributed by atoms with van der Waals surface area (Å²) in [6, 6.07) is 5.61. The number of rotatable bonds is 9. The number of sulfonamides is 1. The first-order valence-electron chi connectivity index (χ1n) is 8.55. The maximum Gasteiger partial charge on any atom is 0.303 e. The highest BCUT2D eigenvalue weighted by Crippen LogP contribution is 2.18. The van der Waals surface area contributed by atoms with E-state index >= 15 is 0 Å². The van der Waals surface area contributed by atoms with Crippen molar-refractivity contribution in [1.29, 1.82) is 0 Å². The molecule has 0 radical (unpaired) electrons. The van der Waals surface area contributed by atoms with Gasteiger partial charge in [-0.25, -0.2) is 13.1 Å². The molecule has 1 heterocycles. The predicted molar refractivity (Wildman–Crippen MR) is 97.5 cm³/mol. The summed E-state index contributed by atoms with van der Waals surface area (Å²) in [5, 5.41) is 9.04. The Morgan fingerprint density at radius 2 is 1.81 bits per heavy atom. The van der Waals surface area contributed by atoms with Crippen LogP contribution in [0.5, 0.6) is 0 Å². The van der Waals surface area contributed by atoms with Crippen LogP contribution in [-0.4, -0.2) is 49.4 Å². The number of hydrogen-bond acceptors (Lipinski definition) is 4. The SMILES string of the molecule is O=C(O)CCCCCC(=O)N1CCC(NS(=O)(=O)c2ccc(Cl)cc2)C1. The number of unbranched alkanes of at least 4 members (excludes halogenated alkanes) is 2. The number of halogens is 1. The van der Waals surface area contributed by atoms with Gasteiger partial charge in [0.05, 0.1) is 4.90 Å². The number of carbonyl (C=O) groups is 2. The summed E-state index contributed by atoms with van der Waals surface area (Å²) in [4.78, 5) is 24.4. The van der Waals surface area contributed by atoms with E-state index < -0.39 is 16.0 Å². The molecule has 2 rings (SSSR count). The number of carboxylic acids is 1. The normalized spacial score (nSPS) is 17.4. The Labute approximate surface area is 158 Å². The van der Waals surface area contributed by atoms with E-state index in [0.717, 1.165) is 0 Å². The maximum absolute atomic E-state index is 12.4. The average molecular weight is 403 g/mol. The van der Waals surface area contributed by atoms with Crippen LogP contribution in [0.3, 0.4) is 0 Å². The van der Waals surface area contributed by atoms with Crippen molar-refractivity contribution in [3.8, 4) is 0 Å². The predicted octanol–water partition coefficient (Wildman–Crippen LogP) is 2.25.